The molecule has 0 fully saturated rings. The van der Waals surface area contributed by atoms with Gasteiger partial charge in [0.1, 0.15) is 0 Å². The van der Waals surface area contributed by atoms with E-state index in [9.17, 15) is 9.59 Å². The molecule has 3 aromatic rings. The number of nitrogens with zero attached hydrogens (tertiary/aromatic N) is 4. The Hall–Kier alpha value is -2.80. The molecule has 0 aliphatic heterocycles. The van der Waals surface area contributed by atoms with Gasteiger partial charge in [-0.15, -0.1) is 5.10 Å². The molecule has 2 heterocycles. The number of hydrogen-bond acceptors (Lipinski definition) is 6. The zero-order chi connectivity index (χ0) is 17.3. The van der Waals surface area contributed by atoms with Gasteiger partial charge in [0.2, 0.25) is 5.78 Å². The maximum Gasteiger partial charge on any atom is 0.379 e. The summed E-state index contributed by atoms with van der Waals surface area (Å²) in [5, 5.41) is 4.57. The van der Waals surface area contributed by atoms with Crippen molar-refractivity contribution in [1.29, 1.82) is 0 Å². The average Bonchev–Trinajstić information content (AvgIpc) is 3.00. The number of aromatic nitrogens is 4. The van der Waals surface area contributed by atoms with Crippen LogP contribution in [0.3, 0.4) is 0 Å². The number of benzene rings is 1. The quantitative estimate of drug-likeness (QED) is 0.534. The fraction of sp³-hybridized carbons (Fsp3) is 0.188. The van der Waals surface area contributed by atoms with Crippen LogP contribution in [-0.4, -0.2) is 37.4 Å². The highest BCUT2D eigenvalue weighted by Crippen LogP contribution is 2.13. The Labute approximate surface area is 142 Å². The third-order valence-electron chi connectivity index (χ3n) is 3.39. The molecular weight excluding hydrogens is 332 g/mol. The second-order valence-corrected chi connectivity index (χ2v) is 5.59. The van der Waals surface area contributed by atoms with Crippen LogP contribution in [0.4, 0.5) is 0 Å². The molecule has 24 heavy (non-hydrogen) atoms. The first-order valence-electron chi connectivity index (χ1n) is 7.15. The van der Waals surface area contributed by atoms with Gasteiger partial charge in [-0.05, 0) is 44.2 Å². The SMILES string of the molecule is Cc1ccnc2nc(C(=O)OC(C)C(=O)c3ccc(Cl)cc3)nn12. The summed E-state index contributed by atoms with van der Waals surface area (Å²) in [6.07, 6.45) is 0.598. The van der Waals surface area contributed by atoms with Gasteiger partial charge >= 0.3 is 5.97 Å². The number of ether oxygens (including phenoxy) is 1. The molecule has 7 nitrogen and oxygen atoms in total. The van der Waals surface area contributed by atoms with Crippen LogP contribution in [0.15, 0.2) is 36.5 Å². The molecule has 2 aromatic heterocycles. The van der Waals surface area contributed by atoms with E-state index in [2.05, 4.69) is 15.1 Å². The number of carbonyl (C=O) groups is 2. The van der Waals surface area contributed by atoms with Crippen molar-refractivity contribution in [1.82, 2.24) is 19.6 Å². The predicted molar refractivity (Wildman–Crippen MR) is 86.2 cm³/mol. The molecule has 0 spiro atoms. The number of hydrogen-bond donors (Lipinski definition) is 0. The summed E-state index contributed by atoms with van der Waals surface area (Å²) >= 11 is 5.79. The monoisotopic (exact) mass is 344 g/mol. The van der Waals surface area contributed by atoms with E-state index < -0.39 is 12.1 Å². The first-order chi connectivity index (χ1) is 11.5. The molecule has 3 rings (SSSR count). The van der Waals surface area contributed by atoms with Crippen LogP contribution in [0.25, 0.3) is 5.78 Å². The molecule has 0 bridgehead atoms. The molecule has 1 aromatic carbocycles. The third kappa shape index (κ3) is 3.11. The summed E-state index contributed by atoms with van der Waals surface area (Å²) in [5.74, 6) is -0.973. The Morgan fingerprint density at radius 2 is 1.92 bits per heavy atom. The van der Waals surface area contributed by atoms with Gasteiger partial charge < -0.3 is 4.74 Å². The van der Waals surface area contributed by atoms with E-state index in [1.807, 2.05) is 6.92 Å². The lowest BCUT2D eigenvalue weighted by Crippen LogP contribution is -2.25. The number of carbonyl (C=O) groups excluding carboxylic acids is 2. The van der Waals surface area contributed by atoms with Crippen molar-refractivity contribution in [2.24, 2.45) is 0 Å². The van der Waals surface area contributed by atoms with Gasteiger partial charge in [-0.2, -0.15) is 4.98 Å². The second-order valence-electron chi connectivity index (χ2n) is 5.15. The van der Waals surface area contributed by atoms with E-state index in [0.717, 1.165) is 5.69 Å². The minimum absolute atomic E-state index is 0.146. The highest BCUT2D eigenvalue weighted by molar-refractivity contribution is 6.30. The molecule has 0 N–H and O–H groups in total. The maximum absolute atomic E-state index is 12.3. The highest BCUT2D eigenvalue weighted by Gasteiger charge is 2.23. The Morgan fingerprint density at radius 3 is 2.58 bits per heavy atom. The van der Waals surface area contributed by atoms with E-state index in [1.54, 1.807) is 36.5 Å². The second kappa shape index (κ2) is 6.37. The van der Waals surface area contributed by atoms with Crippen molar-refractivity contribution in [2.75, 3.05) is 0 Å². The lowest BCUT2D eigenvalue weighted by atomic mass is 10.1. The Bertz CT molecular complexity index is 921. The topological polar surface area (TPSA) is 86.5 Å². The Kier molecular flexibility index (Phi) is 4.26. The maximum atomic E-state index is 12.3. The van der Waals surface area contributed by atoms with Crippen LogP contribution < -0.4 is 0 Å². The van der Waals surface area contributed by atoms with Gasteiger partial charge in [0.05, 0.1) is 0 Å². The number of esters is 1. The molecule has 0 aliphatic carbocycles. The van der Waals surface area contributed by atoms with E-state index in [4.69, 9.17) is 16.3 Å². The van der Waals surface area contributed by atoms with Gasteiger partial charge in [0.25, 0.3) is 11.6 Å². The van der Waals surface area contributed by atoms with E-state index in [1.165, 1.54) is 11.4 Å². The zero-order valence-corrected chi connectivity index (χ0v) is 13.7. The van der Waals surface area contributed by atoms with Crippen LogP contribution in [0.5, 0.6) is 0 Å². The third-order valence-corrected chi connectivity index (χ3v) is 3.65. The predicted octanol–water partition coefficient (Wildman–Crippen LogP) is 2.51. The van der Waals surface area contributed by atoms with Crippen LogP contribution in [0.2, 0.25) is 5.02 Å². The van der Waals surface area contributed by atoms with Crippen LogP contribution in [0.1, 0.15) is 33.6 Å². The molecule has 1 unspecified atom stereocenters. The van der Waals surface area contributed by atoms with Gasteiger partial charge in [-0.3, -0.25) is 4.79 Å². The van der Waals surface area contributed by atoms with Crippen molar-refractivity contribution < 1.29 is 14.3 Å². The molecule has 8 heteroatoms. The number of halogens is 1. The van der Waals surface area contributed by atoms with Crippen LogP contribution in [0, 0.1) is 6.92 Å². The molecule has 0 saturated heterocycles. The van der Waals surface area contributed by atoms with Crippen molar-refractivity contribution >= 4 is 29.1 Å². The van der Waals surface area contributed by atoms with E-state index >= 15 is 0 Å². The molecule has 0 saturated carbocycles. The summed E-state index contributed by atoms with van der Waals surface area (Å²) < 4.78 is 6.60. The van der Waals surface area contributed by atoms with Gasteiger partial charge in [-0.1, -0.05) is 11.6 Å². The molecule has 1 atom stereocenters. The minimum Gasteiger partial charge on any atom is -0.448 e. The molecule has 0 radical (unpaired) electrons. The largest absolute Gasteiger partial charge is 0.448 e. The Morgan fingerprint density at radius 1 is 1.21 bits per heavy atom. The van der Waals surface area contributed by atoms with Crippen LogP contribution >= 0.6 is 11.6 Å². The van der Waals surface area contributed by atoms with Crippen molar-refractivity contribution in [3.63, 3.8) is 0 Å². The number of rotatable bonds is 4. The molecule has 0 aliphatic rings. The lowest BCUT2D eigenvalue weighted by Gasteiger charge is -2.10. The van der Waals surface area contributed by atoms with E-state index in [0.29, 0.717) is 16.4 Å². The fourth-order valence-electron chi connectivity index (χ4n) is 2.11. The molecule has 122 valence electrons. The number of ketones is 1. The molecular formula is C16H13ClN4O3. The summed E-state index contributed by atoms with van der Waals surface area (Å²) in [5.41, 5.74) is 1.18. The minimum atomic E-state index is -0.973. The fourth-order valence-corrected chi connectivity index (χ4v) is 2.23. The van der Waals surface area contributed by atoms with Crippen molar-refractivity contribution in [3.05, 3.63) is 58.6 Å². The van der Waals surface area contributed by atoms with E-state index in [-0.39, 0.29) is 11.6 Å². The summed E-state index contributed by atoms with van der Waals surface area (Å²) in [6.45, 7) is 3.30. The first kappa shape index (κ1) is 16.1. The number of aryl methyl sites for hydroxylation is 1. The summed E-state index contributed by atoms with van der Waals surface area (Å²) in [6, 6.07) is 8.09. The first-order valence-corrected chi connectivity index (χ1v) is 7.52. The average molecular weight is 345 g/mol. The van der Waals surface area contributed by atoms with Gasteiger partial charge in [0, 0.05) is 22.5 Å². The lowest BCUT2D eigenvalue weighted by molar-refractivity contribution is 0.0307. The zero-order valence-electron chi connectivity index (χ0n) is 12.9. The number of Topliss-reactive ketones (excluding diaryl/α,β-unsaturated/α-hetero) is 1. The standard InChI is InChI=1S/C16H13ClN4O3/c1-9-7-8-18-16-19-14(20-21(9)16)15(23)24-10(2)13(22)11-3-5-12(17)6-4-11/h3-8,10H,1-2H3. The smallest absolute Gasteiger partial charge is 0.379 e. The van der Waals surface area contributed by atoms with Crippen LogP contribution in [-0.2, 0) is 4.74 Å². The Balaban J connectivity index is 1.76. The van der Waals surface area contributed by atoms with Crippen molar-refractivity contribution in [2.45, 2.75) is 20.0 Å². The highest BCUT2D eigenvalue weighted by atomic mass is 35.5. The van der Waals surface area contributed by atoms with Gasteiger partial charge in [-0.25, -0.2) is 14.3 Å². The molecule has 0 amide bonds. The summed E-state index contributed by atoms with van der Waals surface area (Å²) in [7, 11) is 0. The number of fused-ring (bicyclic) bond motifs is 1. The normalized spacial score (nSPS) is 12.1. The van der Waals surface area contributed by atoms with Crippen molar-refractivity contribution in [3.8, 4) is 0 Å². The van der Waals surface area contributed by atoms with Gasteiger partial charge in [0.15, 0.2) is 6.10 Å². The summed E-state index contributed by atoms with van der Waals surface area (Å²) in [4.78, 5) is 32.5.